The summed E-state index contributed by atoms with van der Waals surface area (Å²) in [5.74, 6) is 1.08. The van der Waals surface area contributed by atoms with E-state index in [1.165, 1.54) is 16.8 Å². The zero-order valence-corrected chi connectivity index (χ0v) is 19.2. The number of amides is 1. The number of nitrogens with one attached hydrogen (secondary N) is 2. The maximum atomic E-state index is 12.6. The van der Waals surface area contributed by atoms with E-state index in [-0.39, 0.29) is 22.9 Å². The number of pyridine rings is 1. The van der Waals surface area contributed by atoms with Gasteiger partial charge in [-0.05, 0) is 37.5 Å². The predicted molar refractivity (Wildman–Crippen MR) is 122 cm³/mol. The molecule has 3 heterocycles. The fraction of sp³-hybridized carbons (Fsp3) is 0.524. The van der Waals surface area contributed by atoms with E-state index in [1.54, 1.807) is 11.8 Å². The first kappa shape index (κ1) is 22.3. The minimum absolute atomic E-state index is 0.0680. The molecule has 0 spiro atoms. The molecule has 3 aromatic rings. The van der Waals surface area contributed by atoms with Crippen molar-refractivity contribution in [2.24, 2.45) is 5.92 Å². The van der Waals surface area contributed by atoms with E-state index in [4.69, 9.17) is 0 Å². The third-order valence-corrected chi connectivity index (χ3v) is 6.01. The molecule has 1 fully saturated rings. The average molecular weight is 458 g/mol. The zero-order chi connectivity index (χ0) is 22.8. The summed E-state index contributed by atoms with van der Waals surface area (Å²) < 4.78 is 3.64. The van der Waals surface area contributed by atoms with E-state index >= 15 is 0 Å². The Labute approximate surface area is 188 Å². The molecule has 0 unspecified atom stereocenters. The lowest BCUT2D eigenvalue weighted by atomic mass is 10.2. The molecule has 0 aliphatic heterocycles. The minimum Gasteiger partial charge on any atom is -0.352 e. The fourth-order valence-electron chi connectivity index (χ4n) is 3.69. The Morgan fingerprint density at radius 2 is 2.09 bits per heavy atom. The standard InChI is InChI=1S/C21H27N7O3S/c1-12(2)11-27-16(25-26-21(27)32-3)5-4-8-22-18(29)13-9-15-17(23-10-13)28(14-6-7-14)20(31)24-19(15)30/h9-10,12,14H,4-8,11H2,1-3H3,(H,22,29)(H,24,30,31). The summed E-state index contributed by atoms with van der Waals surface area (Å²) in [7, 11) is 0. The van der Waals surface area contributed by atoms with Crippen LogP contribution in [0.15, 0.2) is 27.0 Å². The molecule has 0 atom stereocenters. The lowest BCUT2D eigenvalue weighted by molar-refractivity contribution is 0.0953. The van der Waals surface area contributed by atoms with Gasteiger partial charge in [0.05, 0.1) is 10.9 Å². The number of aryl methyl sites for hydroxylation is 1. The van der Waals surface area contributed by atoms with Gasteiger partial charge in [0.2, 0.25) is 0 Å². The molecule has 1 saturated carbocycles. The number of thioether (sulfide) groups is 1. The second kappa shape index (κ2) is 9.27. The van der Waals surface area contributed by atoms with Crippen molar-refractivity contribution in [3.63, 3.8) is 0 Å². The molecule has 3 aromatic heterocycles. The Hall–Kier alpha value is -2.95. The van der Waals surface area contributed by atoms with Crippen LogP contribution in [0, 0.1) is 5.92 Å². The number of rotatable bonds is 9. The molecule has 0 bridgehead atoms. The van der Waals surface area contributed by atoms with Crippen LogP contribution in [0.1, 0.15) is 55.3 Å². The highest BCUT2D eigenvalue weighted by atomic mass is 32.2. The van der Waals surface area contributed by atoms with Crippen LogP contribution in [-0.4, -0.2) is 48.0 Å². The Kier molecular flexibility index (Phi) is 6.45. The highest BCUT2D eigenvalue weighted by molar-refractivity contribution is 7.98. The molecular weight excluding hydrogens is 430 g/mol. The lowest BCUT2D eigenvalue weighted by Crippen LogP contribution is -2.31. The first-order valence-electron chi connectivity index (χ1n) is 10.8. The quantitative estimate of drug-likeness (QED) is 0.370. The zero-order valence-electron chi connectivity index (χ0n) is 18.4. The van der Waals surface area contributed by atoms with Gasteiger partial charge in [-0.3, -0.25) is 19.1 Å². The smallest absolute Gasteiger partial charge is 0.330 e. The maximum Gasteiger partial charge on any atom is 0.330 e. The summed E-state index contributed by atoms with van der Waals surface area (Å²) in [6.07, 6.45) is 6.57. The second-order valence-corrected chi connectivity index (χ2v) is 9.20. The predicted octanol–water partition coefficient (Wildman–Crippen LogP) is 1.75. The van der Waals surface area contributed by atoms with Crippen LogP contribution in [0.2, 0.25) is 0 Å². The largest absolute Gasteiger partial charge is 0.352 e. The summed E-state index contributed by atoms with van der Waals surface area (Å²) in [5, 5.41) is 12.6. The molecule has 1 aliphatic carbocycles. The number of aromatic nitrogens is 6. The molecule has 11 heteroatoms. The van der Waals surface area contributed by atoms with Gasteiger partial charge in [-0.25, -0.2) is 9.78 Å². The van der Waals surface area contributed by atoms with E-state index in [2.05, 4.69) is 43.9 Å². The number of nitrogens with zero attached hydrogens (tertiary/aromatic N) is 5. The van der Waals surface area contributed by atoms with E-state index in [0.717, 1.165) is 30.4 Å². The number of carbonyl (C=O) groups is 1. The first-order valence-corrected chi connectivity index (χ1v) is 12.0. The van der Waals surface area contributed by atoms with Gasteiger partial charge in [0, 0.05) is 31.7 Å². The van der Waals surface area contributed by atoms with E-state index in [1.807, 2.05) is 6.26 Å². The number of hydrogen-bond donors (Lipinski definition) is 2. The van der Waals surface area contributed by atoms with Gasteiger partial charge in [0.1, 0.15) is 11.5 Å². The van der Waals surface area contributed by atoms with Crippen LogP contribution in [0.3, 0.4) is 0 Å². The SMILES string of the molecule is CSc1nnc(CCCNC(=O)c2cnc3c(c2)c(=O)[nH]c(=O)n3C2CC2)n1CC(C)C. The van der Waals surface area contributed by atoms with Gasteiger partial charge in [0.15, 0.2) is 5.16 Å². The van der Waals surface area contributed by atoms with Crippen molar-refractivity contribution in [2.45, 2.75) is 57.3 Å². The number of H-pyrrole nitrogens is 1. The van der Waals surface area contributed by atoms with E-state index in [9.17, 15) is 14.4 Å². The molecule has 170 valence electrons. The average Bonchev–Trinajstić information content (AvgIpc) is 3.52. The number of fused-ring (bicyclic) bond motifs is 1. The van der Waals surface area contributed by atoms with Crippen LogP contribution in [-0.2, 0) is 13.0 Å². The van der Waals surface area contributed by atoms with Crippen molar-refractivity contribution in [2.75, 3.05) is 12.8 Å². The highest BCUT2D eigenvalue weighted by Gasteiger charge is 2.27. The van der Waals surface area contributed by atoms with Crippen molar-refractivity contribution >= 4 is 28.7 Å². The molecule has 0 aromatic carbocycles. The topological polar surface area (TPSA) is 128 Å². The van der Waals surface area contributed by atoms with Crippen LogP contribution in [0.5, 0.6) is 0 Å². The summed E-state index contributed by atoms with van der Waals surface area (Å²) in [6.45, 7) is 5.62. The van der Waals surface area contributed by atoms with Crippen LogP contribution < -0.4 is 16.6 Å². The molecule has 0 saturated heterocycles. The van der Waals surface area contributed by atoms with Gasteiger partial charge < -0.3 is 9.88 Å². The van der Waals surface area contributed by atoms with Crippen LogP contribution in [0.4, 0.5) is 0 Å². The van der Waals surface area contributed by atoms with E-state index in [0.29, 0.717) is 31.0 Å². The van der Waals surface area contributed by atoms with Crippen molar-refractivity contribution < 1.29 is 4.79 Å². The molecule has 10 nitrogen and oxygen atoms in total. The maximum absolute atomic E-state index is 12.6. The minimum atomic E-state index is -0.530. The Morgan fingerprint density at radius 3 is 2.78 bits per heavy atom. The normalized spacial score (nSPS) is 13.8. The molecule has 1 amide bonds. The summed E-state index contributed by atoms with van der Waals surface area (Å²) in [5.41, 5.74) is -0.369. The van der Waals surface area contributed by atoms with Crippen molar-refractivity contribution in [1.29, 1.82) is 0 Å². The fourth-order valence-corrected chi connectivity index (χ4v) is 4.21. The second-order valence-electron chi connectivity index (χ2n) is 8.42. The van der Waals surface area contributed by atoms with Crippen LogP contribution in [0.25, 0.3) is 11.0 Å². The number of carbonyl (C=O) groups excluding carboxylic acids is 1. The Balaban J connectivity index is 1.41. The Bertz CT molecular complexity index is 1260. The van der Waals surface area contributed by atoms with Gasteiger partial charge in [-0.15, -0.1) is 10.2 Å². The molecule has 4 rings (SSSR count). The van der Waals surface area contributed by atoms with Gasteiger partial charge in [-0.1, -0.05) is 25.6 Å². The lowest BCUT2D eigenvalue weighted by Gasteiger charge is -2.12. The number of hydrogen-bond acceptors (Lipinski definition) is 7. The first-order chi connectivity index (χ1) is 15.4. The van der Waals surface area contributed by atoms with Crippen molar-refractivity contribution in [3.8, 4) is 0 Å². The van der Waals surface area contributed by atoms with Crippen molar-refractivity contribution in [1.82, 2.24) is 34.6 Å². The van der Waals surface area contributed by atoms with Gasteiger partial charge in [-0.2, -0.15) is 0 Å². The van der Waals surface area contributed by atoms with Crippen molar-refractivity contribution in [3.05, 3.63) is 44.5 Å². The summed E-state index contributed by atoms with van der Waals surface area (Å²) in [6, 6.07) is 1.57. The molecule has 0 radical (unpaired) electrons. The van der Waals surface area contributed by atoms with Crippen LogP contribution >= 0.6 is 11.8 Å². The third kappa shape index (κ3) is 4.62. The van der Waals surface area contributed by atoms with Gasteiger partial charge >= 0.3 is 5.69 Å². The molecular formula is C21H27N7O3S. The molecule has 1 aliphatic rings. The number of aromatic amines is 1. The molecule has 32 heavy (non-hydrogen) atoms. The third-order valence-electron chi connectivity index (χ3n) is 5.34. The summed E-state index contributed by atoms with van der Waals surface area (Å²) in [4.78, 5) is 43.6. The highest BCUT2D eigenvalue weighted by Crippen LogP contribution is 2.34. The van der Waals surface area contributed by atoms with Gasteiger partial charge in [0.25, 0.3) is 11.5 Å². The monoisotopic (exact) mass is 457 g/mol. The Morgan fingerprint density at radius 1 is 1.31 bits per heavy atom. The molecule has 2 N–H and O–H groups in total. The van der Waals surface area contributed by atoms with E-state index < -0.39 is 11.2 Å². The summed E-state index contributed by atoms with van der Waals surface area (Å²) >= 11 is 1.57.